The molecule has 1 aliphatic rings. The van der Waals surface area contributed by atoms with Gasteiger partial charge in [0.05, 0.1) is 23.5 Å². The quantitative estimate of drug-likeness (QED) is 0.0745. The first-order chi connectivity index (χ1) is 22.9. The summed E-state index contributed by atoms with van der Waals surface area (Å²) >= 11 is 7.52. The average Bonchev–Trinajstić information content (AvgIpc) is 3.52. The van der Waals surface area contributed by atoms with Gasteiger partial charge in [0, 0.05) is 51.5 Å². The van der Waals surface area contributed by atoms with Crippen LogP contribution in [0.4, 0.5) is 22.5 Å². The summed E-state index contributed by atoms with van der Waals surface area (Å²) in [6, 6.07) is 7.39. The molecule has 2 aromatic heterocycles. The fourth-order valence-electron chi connectivity index (χ4n) is 5.60. The van der Waals surface area contributed by atoms with Crippen molar-refractivity contribution in [2.75, 3.05) is 68.1 Å². The highest BCUT2D eigenvalue weighted by Gasteiger charge is 2.45. The number of halogens is 1. The summed E-state index contributed by atoms with van der Waals surface area (Å²) in [5, 5.41) is 7.16. The Bertz CT molecular complexity index is 1540. The molecule has 4 rings (SSSR count). The summed E-state index contributed by atoms with van der Waals surface area (Å²) < 4.78 is 18.0. The number of carbonyl (C=O) groups is 2. The fourth-order valence-corrected chi connectivity index (χ4v) is 10.2. The van der Waals surface area contributed by atoms with E-state index in [-0.39, 0.29) is 23.6 Å². The minimum Gasteiger partial charge on any atom is -0.460 e. The molecule has 0 bridgehead atoms. The molecule has 0 saturated carbocycles. The van der Waals surface area contributed by atoms with Gasteiger partial charge in [-0.15, -0.1) is 0 Å². The zero-order chi connectivity index (χ0) is 34.8. The van der Waals surface area contributed by atoms with Gasteiger partial charge in [0.2, 0.25) is 0 Å². The van der Waals surface area contributed by atoms with Crippen molar-refractivity contribution in [1.29, 1.82) is 0 Å². The van der Waals surface area contributed by atoms with Crippen molar-refractivity contribution < 1.29 is 23.2 Å². The topological polar surface area (TPSA) is 131 Å². The fraction of sp³-hybridized carbons (Fsp3) is 0.485. The Balaban J connectivity index is 1.29. The molecule has 0 aliphatic carbocycles. The maximum absolute atomic E-state index is 12.9. The van der Waals surface area contributed by atoms with Gasteiger partial charge in [0.1, 0.15) is 28.9 Å². The molecule has 0 spiro atoms. The van der Waals surface area contributed by atoms with E-state index in [9.17, 15) is 9.59 Å². The number of amides is 1. The summed E-state index contributed by atoms with van der Waals surface area (Å²) in [6.45, 7) is 20.9. The van der Waals surface area contributed by atoms with Gasteiger partial charge in [0.15, 0.2) is 5.13 Å². The predicted octanol–water partition coefficient (Wildman–Crippen LogP) is 6.35. The van der Waals surface area contributed by atoms with Crippen molar-refractivity contribution in [3.05, 3.63) is 64.4 Å². The standard InChI is InChI=1S/C33H46ClN7O5SSi/c1-8-30(42)44-18-19-46-48(22(2)3,23(4)5)45-17-16-40-12-14-41(15-13-40)29-20-28(36-25(7)37-29)38-33-35-21-27(47-33)32(43)39-31-24(6)10-9-11-26(31)34/h8-11,20-23H,1,12-19H2,2-7H3,(H,39,43)(H,35,36,37,38). The van der Waals surface area contributed by atoms with Gasteiger partial charge < -0.3 is 29.1 Å². The summed E-state index contributed by atoms with van der Waals surface area (Å²) in [7, 11) is -2.57. The lowest BCUT2D eigenvalue weighted by Crippen LogP contribution is -2.51. The van der Waals surface area contributed by atoms with Crippen LogP contribution in [0.15, 0.2) is 43.1 Å². The zero-order valence-corrected chi connectivity index (χ0v) is 31.1. The molecule has 0 atom stereocenters. The Morgan fingerprint density at radius 1 is 1.06 bits per heavy atom. The van der Waals surface area contributed by atoms with E-state index in [2.05, 4.69) is 64.7 Å². The molecule has 260 valence electrons. The van der Waals surface area contributed by atoms with Crippen LogP contribution in [-0.2, 0) is 18.4 Å². The highest BCUT2D eigenvalue weighted by molar-refractivity contribution is 7.17. The second kappa shape index (κ2) is 17.3. The van der Waals surface area contributed by atoms with Crippen LogP contribution in [0.25, 0.3) is 0 Å². The number of ether oxygens (including phenoxy) is 1. The van der Waals surface area contributed by atoms with Gasteiger partial charge >= 0.3 is 14.5 Å². The lowest BCUT2D eigenvalue weighted by molar-refractivity contribution is -0.138. The van der Waals surface area contributed by atoms with E-state index in [1.807, 2.05) is 32.0 Å². The molecular formula is C33H46ClN7O5SSi. The Labute approximate surface area is 293 Å². The third-order valence-electron chi connectivity index (χ3n) is 8.11. The van der Waals surface area contributed by atoms with Gasteiger partial charge in [0.25, 0.3) is 5.91 Å². The molecule has 1 fully saturated rings. The Morgan fingerprint density at radius 2 is 1.77 bits per heavy atom. The number of benzene rings is 1. The second-order valence-corrected chi connectivity index (χ2v) is 17.9. The second-order valence-electron chi connectivity index (χ2n) is 12.1. The number of thiazole rings is 1. The summed E-state index contributed by atoms with van der Waals surface area (Å²) in [6.07, 6.45) is 2.69. The van der Waals surface area contributed by atoms with E-state index in [1.165, 1.54) is 17.5 Å². The number of piperazine rings is 1. The lowest BCUT2D eigenvalue weighted by Gasteiger charge is -2.39. The number of hydrogen-bond acceptors (Lipinski definition) is 12. The summed E-state index contributed by atoms with van der Waals surface area (Å²) in [5.41, 5.74) is 1.94. The molecule has 48 heavy (non-hydrogen) atoms. The Hall–Kier alpha value is -3.40. The predicted molar refractivity (Wildman–Crippen MR) is 194 cm³/mol. The Kier molecular flexibility index (Phi) is 13.5. The first-order valence-electron chi connectivity index (χ1n) is 16.1. The van der Waals surface area contributed by atoms with Gasteiger partial charge in [-0.05, 0) is 36.6 Å². The molecule has 3 aromatic rings. The monoisotopic (exact) mass is 715 g/mol. The molecule has 0 unspecified atom stereocenters. The zero-order valence-electron chi connectivity index (χ0n) is 28.5. The number of aromatic nitrogens is 3. The van der Waals surface area contributed by atoms with Crippen molar-refractivity contribution >= 4 is 65.8 Å². The van der Waals surface area contributed by atoms with Gasteiger partial charge in [-0.3, -0.25) is 9.69 Å². The highest BCUT2D eigenvalue weighted by Crippen LogP contribution is 2.34. The van der Waals surface area contributed by atoms with Crippen molar-refractivity contribution in [3.8, 4) is 0 Å². The van der Waals surface area contributed by atoms with Crippen molar-refractivity contribution in [2.45, 2.75) is 52.6 Å². The van der Waals surface area contributed by atoms with E-state index >= 15 is 0 Å². The van der Waals surface area contributed by atoms with Gasteiger partial charge in [-0.2, -0.15) is 0 Å². The molecule has 0 radical (unpaired) electrons. The van der Waals surface area contributed by atoms with E-state index in [0.717, 1.165) is 50.2 Å². The maximum atomic E-state index is 12.9. The van der Waals surface area contributed by atoms with E-state index < -0.39 is 14.5 Å². The molecule has 1 aliphatic heterocycles. The minimum absolute atomic E-state index is 0.177. The van der Waals surface area contributed by atoms with Crippen LogP contribution in [0.3, 0.4) is 0 Å². The van der Waals surface area contributed by atoms with Crippen LogP contribution in [0, 0.1) is 13.8 Å². The summed E-state index contributed by atoms with van der Waals surface area (Å²) in [5.74, 6) is 1.35. The van der Waals surface area contributed by atoms with Crippen molar-refractivity contribution in [2.24, 2.45) is 0 Å². The van der Waals surface area contributed by atoms with Gasteiger partial charge in [-0.25, -0.2) is 19.7 Å². The molecule has 12 nitrogen and oxygen atoms in total. The normalized spacial score (nSPS) is 14.0. The average molecular weight is 716 g/mol. The number of hydrogen-bond donors (Lipinski definition) is 2. The van der Waals surface area contributed by atoms with Crippen LogP contribution in [0.1, 0.15) is 48.8 Å². The smallest absolute Gasteiger partial charge is 0.343 e. The lowest BCUT2D eigenvalue weighted by atomic mass is 10.2. The number of para-hydroxylation sites is 1. The number of anilines is 4. The van der Waals surface area contributed by atoms with Crippen LogP contribution in [0.5, 0.6) is 0 Å². The third kappa shape index (κ3) is 9.83. The van der Waals surface area contributed by atoms with Crippen LogP contribution >= 0.6 is 22.9 Å². The number of aryl methyl sites for hydroxylation is 2. The first kappa shape index (κ1) is 37.4. The van der Waals surface area contributed by atoms with E-state index in [1.54, 1.807) is 6.07 Å². The molecule has 2 N–H and O–H groups in total. The number of nitrogens with zero attached hydrogens (tertiary/aromatic N) is 5. The SMILES string of the molecule is C=CC(=O)OCCO[Si](OCCN1CCN(c2cc(Nc3ncc(C(=O)Nc4c(C)cccc4Cl)s3)nc(C)n2)CC1)(C(C)C)C(C)C. The molecule has 1 aromatic carbocycles. The van der Waals surface area contributed by atoms with Crippen LogP contribution < -0.4 is 15.5 Å². The number of nitrogens with one attached hydrogen (secondary N) is 2. The summed E-state index contributed by atoms with van der Waals surface area (Å²) in [4.78, 5) is 43.0. The maximum Gasteiger partial charge on any atom is 0.343 e. The third-order valence-corrected chi connectivity index (χ3v) is 13.9. The van der Waals surface area contributed by atoms with E-state index in [0.29, 0.717) is 45.6 Å². The van der Waals surface area contributed by atoms with Crippen LogP contribution in [-0.4, -0.2) is 92.8 Å². The largest absolute Gasteiger partial charge is 0.460 e. The highest BCUT2D eigenvalue weighted by atomic mass is 35.5. The number of esters is 1. The van der Waals surface area contributed by atoms with Crippen molar-refractivity contribution in [1.82, 2.24) is 19.9 Å². The molecule has 15 heteroatoms. The van der Waals surface area contributed by atoms with Crippen molar-refractivity contribution in [3.63, 3.8) is 0 Å². The first-order valence-corrected chi connectivity index (χ1v) is 19.3. The number of rotatable bonds is 16. The van der Waals surface area contributed by atoms with Gasteiger partial charge in [-0.1, -0.05) is 69.3 Å². The number of carbonyl (C=O) groups excluding carboxylic acids is 2. The van der Waals surface area contributed by atoms with Crippen LogP contribution in [0.2, 0.25) is 16.1 Å². The molecule has 1 amide bonds. The molecule has 1 saturated heterocycles. The van der Waals surface area contributed by atoms with E-state index in [4.69, 9.17) is 30.2 Å². The molecule has 3 heterocycles. The molecular weight excluding hydrogens is 670 g/mol. The Morgan fingerprint density at radius 3 is 2.44 bits per heavy atom. The minimum atomic E-state index is -2.57.